The van der Waals surface area contributed by atoms with Crippen molar-refractivity contribution in [3.05, 3.63) is 23.4 Å². The molecule has 3 nitrogen and oxygen atoms in total. The van der Waals surface area contributed by atoms with Crippen molar-refractivity contribution in [2.45, 2.75) is 11.1 Å². The molecule has 0 aromatic carbocycles. The second-order valence-electron chi connectivity index (χ2n) is 2.77. The van der Waals surface area contributed by atoms with E-state index in [9.17, 15) is 0 Å². The maximum Gasteiger partial charge on any atom is 0.115 e. The van der Waals surface area contributed by atoms with E-state index in [1.807, 2.05) is 13.1 Å². The highest BCUT2D eigenvalue weighted by atomic mass is 35.5. The van der Waals surface area contributed by atoms with Crippen LogP contribution in [0.15, 0.2) is 23.4 Å². The highest BCUT2D eigenvalue weighted by Crippen LogP contribution is 2.24. The quantitative estimate of drug-likeness (QED) is 0.754. The van der Waals surface area contributed by atoms with Crippen LogP contribution in [-0.4, -0.2) is 35.5 Å². The number of aliphatic hydroxyl groups excluding tert-OH is 1. The molecule has 1 rings (SSSR count). The summed E-state index contributed by atoms with van der Waals surface area (Å²) in [6, 6.07) is 3.69. The molecule has 1 atom stereocenters. The van der Waals surface area contributed by atoms with Gasteiger partial charge in [0.2, 0.25) is 0 Å². The lowest BCUT2D eigenvalue weighted by atomic mass is 10.4. The van der Waals surface area contributed by atoms with Gasteiger partial charge in [-0.3, -0.25) is 0 Å². The Morgan fingerprint density at radius 3 is 3.07 bits per heavy atom. The van der Waals surface area contributed by atoms with Crippen LogP contribution >= 0.6 is 23.4 Å². The molecule has 0 radical (unpaired) electrons. The number of rotatable bonds is 5. The van der Waals surface area contributed by atoms with Gasteiger partial charge in [-0.05, 0) is 19.2 Å². The summed E-state index contributed by atoms with van der Waals surface area (Å²) in [6.07, 6.45) is 1.71. The number of nitrogens with one attached hydrogen (secondary N) is 1. The lowest BCUT2D eigenvalue weighted by Gasteiger charge is -2.11. The monoisotopic (exact) mass is 232 g/mol. The molecule has 0 saturated heterocycles. The van der Waals surface area contributed by atoms with Crippen molar-refractivity contribution in [2.24, 2.45) is 0 Å². The Morgan fingerprint density at radius 2 is 2.50 bits per heavy atom. The molecule has 1 heterocycles. The molecule has 0 aliphatic rings. The summed E-state index contributed by atoms with van der Waals surface area (Å²) >= 11 is 7.47. The first-order valence-corrected chi connectivity index (χ1v) is 5.65. The average molecular weight is 233 g/mol. The minimum Gasteiger partial charge on any atom is -0.395 e. The molecule has 1 unspecified atom stereocenters. The van der Waals surface area contributed by atoms with Gasteiger partial charge in [0.05, 0.1) is 11.6 Å². The van der Waals surface area contributed by atoms with Crippen molar-refractivity contribution < 1.29 is 5.11 Å². The fourth-order valence-corrected chi connectivity index (χ4v) is 2.14. The number of pyridine rings is 1. The van der Waals surface area contributed by atoms with Gasteiger partial charge in [-0.1, -0.05) is 11.6 Å². The molecule has 0 aliphatic carbocycles. The molecule has 78 valence electrons. The van der Waals surface area contributed by atoms with Crippen molar-refractivity contribution in [2.75, 3.05) is 19.4 Å². The van der Waals surface area contributed by atoms with E-state index in [4.69, 9.17) is 16.7 Å². The normalized spacial score (nSPS) is 12.8. The lowest BCUT2D eigenvalue weighted by molar-refractivity contribution is 0.260. The van der Waals surface area contributed by atoms with Crippen LogP contribution in [0.3, 0.4) is 0 Å². The number of thioether (sulfide) groups is 1. The fraction of sp³-hybridized carbons (Fsp3) is 0.444. The number of halogens is 1. The zero-order chi connectivity index (χ0) is 10.4. The topological polar surface area (TPSA) is 45.1 Å². The van der Waals surface area contributed by atoms with Gasteiger partial charge in [-0.2, -0.15) is 0 Å². The Bertz CT molecular complexity index is 281. The third-order valence-corrected chi connectivity index (χ3v) is 3.36. The molecule has 0 spiro atoms. The average Bonchev–Trinajstić information content (AvgIpc) is 2.22. The van der Waals surface area contributed by atoms with E-state index in [0.29, 0.717) is 5.02 Å². The van der Waals surface area contributed by atoms with Gasteiger partial charge < -0.3 is 10.4 Å². The van der Waals surface area contributed by atoms with Gasteiger partial charge in [-0.15, -0.1) is 11.8 Å². The number of hydrogen-bond acceptors (Lipinski definition) is 4. The molecule has 2 N–H and O–H groups in total. The van der Waals surface area contributed by atoms with Crippen LogP contribution in [0.4, 0.5) is 0 Å². The van der Waals surface area contributed by atoms with E-state index < -0.39 is 0 Å². The summed E-state index contributed by atoms with van der Waals surface area (Å²) < 4.78 is 0. The van der Waals surface area contributed by atoms with E-state index in [1.165, 1.54) is 11.8 Å². The smallest absolute Gasteiger partial charge is 0.115 e. The van der Waals surface area contributed by atoms with E-state index in [0.717, 1.165) is 10.8 Å². The van der Waals surface area contributed by atoms with E-state index in [-0.39, 0.29) is 12.6 Å². The van der Waals surface area contributed by atoms with Crippen molar-refractivity contribution in [3.8, 4) is 0 Å². The molecule has 0 saturated carbocycles. The van der Waals surface area contributed by atoms with Crippen LogP contribution in [0.25, 0.3) is 0 Å². The SMILES string of the molecule is CNC(CO)CSc1ncccc1Cl. The summed E-state index contributed by atoms with van der Waals surface area (Å²) in [4.78, 5) is 4.14. The van der Waals surface area contributed by atoms with Gasteiger partial charge in [0.1, 0.15) is 5.03 Å². The highest BCUT2D eigenvalue weighted by Gasteiger charge is 2.07. The molecule has 0 bridgehead atoms. The Hall–Kier alpha value is -0.290. The first-order chi connectivity index (χ1) is 6.77. The van der Waals surface area contributed by atoms with Crippen LogP contribution in [0.1, 0.15) is 0 Å². The maximum absolute atomic E-state index is 8.94. The molecule has 1 aromatic heterocycles. The number of aliphatic hydroxyl groups is 1. The van der Waals surface area contributed by atoms with Gasteiger partial charge in [-0.25, -0.2) is 4.98 Å². The predicted octanol–water partition coefficient (Wildman–Crippen LogP) is 1.41. The van der Waals surface area contributed by atoms with Crippen LogP contribution in [0.5, 0.6) is 0 Å². The number of hydrogen-bond donors (Lipinski definition) is 2. The first-order valence-electron chi connectivity index (χ1n) is 4.29. The van der Waals surface area contributed by atoms with Gasteiger partial charge >= 0.3 is 0 Å². The molecule has 5 heteroatoms. The standard InChI is InChI=1S/C9H13ClN2OS/c1-11-7(5-13)6-14-9-8(10)3-2-4-12-9/h2-4,7,11,13H,5-6H2,1H3. The van der Waals surface area contributed by atoms with Crippen LogP contribution < -0.4 is 5.32 Å². The van der Waals surface area contributed by atoms with Crippen molar-refractivity contribution in [1.29, 1.82) is 0 Å². The summed E-state index contributed by atoms with van der Waals surface area (Å²) in [5.41, 5.74) is 0. The second kappa shape index (κ2) is 6.24. The van der Waals surface area contributed by atoms with Gasteiger partial charge in [0.25, 0.3) is 0 Å². The van der Waals surface area contributed by atoms with Crippen molar-refractivity contribution in [1.82, 2.24) is 10.3 Å². The largest absolute Gasteiger partial charge is 0.395 e. The lowest BCUT2D eigenvalue weighted by Crippen LogP contribution is -2.31. The Kier molecular flexibility index (Phi) is 5.25. The highest BCUT2D eigenvalue weighted by molar-refractivity contribution is 7.99. The van der Waals surface area contributed by atoms with Crippen molar-refractivity contribution in [3.63, 3.8) is 0 Å². The molecular weight excluding hydrogens is 220 g/mol. The minimum absolute atomic E-state index is 0.0815. The molecule has 1 aromatic rings. The van der Waals surface area contributed by atoms with Crippen LogP contribution in [0.2, 0.25) is 5.02 Å². The zero-order valence-corrected chi connectivity index (χ0v) is 9.48. The number of aromatic nitrogens is 1. The minimum atomic E-state index is 0.0815. The summed E-state index contributed by atoms with van der Waals surface area (Å²) in [6.45, 7) is 0.119. The second-order valence-corrected chi connectivity index (χ2v) is 4.19. The molecule has 14 heavy (non-hydrogen) atoms. The first kappa shape index (κ1) is 11.8. The van der Waals surface area contributed by atoms with Gasteiger partial charge in [0.15, 0.2) is 0 Å². The third kappa shape index (κ3) is 3.46. The predicted molar refractivity (Wildman–Crippen MR) is 59.9 cm³/mol. The Labute approximate surface area is 92.9 Å². The van der Waals surface area contributed by atoms with E-state index in [1.54, 1.807) is 12.3 Å². The molecule has 0 amide bonds. The third-order valence-electron chi connectivity index (χ3n) is 1.77. The summed E-state index contributed by atoms with van der Waals surface area (Å²) in [5, 5.41) is 13.4. The number of likely N-dealkylation sites (N-methyl/N-ethyl adjacent to an activating group) is 1. The van der Waals surface area contributed by atoms with Crippen LogP contribution in [0, 0.1) is 0 Å². The van der Waals surface area contributed by atoms with Crippen LogP contribution in [-0.2, 0) is 0 Å². The van der Waals surface area contributed by atoms with E-state index in [2.05, 4.69) is 10.3 Å². The Balaban J connectivity index is 2.49. The number of nitrogens with zero attached hydrogens (tertiary/aromatic N) is 1. The zero-order valence-electron chi connectivity index (χ0n) is 7.90. The molecular formula is C9H13ClN2OS. The molecule has 0 fully saturated rings. The van der Waals surface area contributed by atoms with Gasteiger partial charge in [0, 0.05) is 18.0 Å². The van der Waals surface area contributed by atoms with Crippen molar-refractivity contribution >= 4 is 23.4 Å². The summed E-state index contributed by atoms with van der Waals surface area (Å²) in [5.74, 6) is 0.754. The van der Waals surface area contributed by atoms with E-state index >= 15 is 0 Å². The summed E-state index contributed by atoms with van der Waals surface area (Å²) in [7, 11) is 1.82. The Morgan fingerprint density at radius 1 is 1.71 bits per heavy atom. The fourth-order valence-electron chi connectivity index (χ4n) is 0.884. The maximum atomic E-state index is 8.94. The molecule has 0 aliphatic heterocycles.